The molecule has 0 radical (unpaired) electrons. The minimum atomic E-state index is -0.117. The first-order valence-corrected chi connectivity index (χ1v) is 5.33. The predicted molar refractivity (Wildman–Crippen MR) is 54.6 cm³/mol. The van der Waals surface area contributed by atoms with Gasteiger partial charge < -0.3 is 16.2 Å². The fourth-order valence-corrected chi connectivity index (χ4v) is 1.47. The summed E-state index contributed by atoms with van der Waals surface area (Å²) >= 11 is 0. The van der Waals surface area contributed by atoms with E-state index in [1.165, 1.54) is 0 Å². The second-order valence-electron chi connectivity index (χ2n) is 4.06. The summed E-state index contributed by atoms with van der Waals surface area (Å²) in [5, 5.41) is 11.6. The number of carbonyl (C=O) groups excluding carboxylic acids is 1. The van der Waals surface area contributed by atoms with Gasteiger partial charge in [0.05, 0.1) is 12.6 Å². The van der Waals surface area contributed by atoms with E-state index < -0.39 is 0 Å². The molecule has 0 aromatic rings. The Balaban J connectivity index is 2.19. The van der Waals surface area contributed by atoms with Crippen molar-refractivity contribution in [2.75, 3.05) is 6.61 Å². The molecule has 1 rings (SSSR count). The van der Waals surface area contributed by atoms with Gasteiger partial charge in [0, 0.05) is 12.5 Å². The van der Waals surface area contributed by atoms with E-state index in [9.17, 15) is 4.79 Å². The van der Waals surface area contributed by atoms with Gasteiger partial charge in [-0.15, -0.1) is 0 Å². The molecule has 82 valence electrons. The summed E-state index contributed by atoms with van der Waals surface area (Å²) in [7, 11) is 0. The lowest BCUT2D eigenvalue weighted by molar-refractivity contribution is -0.122. The Hall–Kier alpha value is -0.610. The molecule has 4 N–H and O–H groups in total. The second kappa shape index (κ2) is 5.32. The molecule has 0 aromatic heterocycles. The fourth-order valence-electron chi connectivity index (χ4n) is 1.47. The highest BCUT2D eigenvalue weighted by molar-refractivity contribution is 5.76. The maximum Gasteiger partial charge on any atom is 0.221 e. The molecule has 1 aliphatic carbocycles. The van der Waals surface area contributed by atoms with Crippen molar-refractivity contribution in [1.29, 1.82) is 0 Å². The molecular formula is C10H20N2O2. The van der Waals surface area contributed by atoms with E-state index >= 15 is 0 Å². The van der Waals surface area contributed by atoms with Crippen LogP contribution in [0.3, 0.4) is 0 Å². The molecule has 4 heteroatoms. The quantitative estimate of drug-likeness (QED) is 0.565. The third-order valence-electron chi connectivity index (χ3n) is 2.73. The molecule has 4 nitrogen and oxygen atoms in total. The van der Waals surface area contributed by atoms with Gasteiger partial charge in [0.15, 0.2) is 0 Å². The standard InChI is InChI=1S/C10H20N2O2/c1-2-8(6-13)12-10(14)5-9(11)7-3-4-7/h7-9,13H,2-6,11H2,1H3,(H,12,14). The maximum atomic E-state index is 11.4. The van der Waals surface area contributed by atoms with Gasteiger partial charge in [0.2, 0.25) is 5.91 Å². The molecule has 1 saturated carbocycles. The van der Waals surface area contributed by atoms with Gasteiger partial charge in [-0.1, -0.05) is 6.92 Å². The highest BCUT2D eigenvalue weighted by Crippen LogP contribution is 2.32. The highest BCUT2D eigenvalue weighted by atomic mass is 16.3. The van der Waals surface area contributed by atoms with Crippen LogP contribution in [0.25, 0.3) is 0 Å². The molecule has 2 atom stereocenters. The van der Waals surface area contributed by atoms with Crippen molar-refractivity contribution in [3.8, 4) is 0 Å². The van der Waals surface area contributed by atoms with Gasteiger partial charge in [-0.3, -0.25) is 4.79 Å². The smallest absolute Gasteiger partial charge is 0.221 e. The summed E-state index contributed by atoms with van der Waals surface area (Å²) in [4.78, 5) is 11.4. The summed E-state index contributed by atoms with van der Waals surface area (Å²) in [6.07, 6.45) is 3.46. The first-order valence-electron chi connectivity index (χ1n) is 5.33. The van der Waals surface area contributed by atoms with Gasteiger partial charge in [-0.2, -0.15) is 0 Å². The zero-order valence-corrected chi connectivity index (χ0v) is 8.70. The van der Waals surface area contributed by atoms with Gasteiger partial charge in [-0.25, -0.2) is 0 Å². The average Bonchev–Trinajstić information content (AvgIpc) is 2.97. The number of rotatable bonds is 6. The number of aliphatic hydroxyl groups excluding tert-OH is 1. The Bertz CT molecular complexity index is 183. The first-order chi connectivity index (χ1) is 6.67. The van der Waals surface area contributed by atoms with Crippen LogP contribution in [0.5, 0.6) is 0 Å². The maximum absolute atomic E-state index is 11.4. The highest BCUT2D eigenvalue weighted by Gasteiger charge is 2.29. The average molecular weight is 200 g/mol. The van der Waals surface area contributed by atoms with Crippen molar-refractivity contribution in [3.63, 3.8) is 0 Å². The van der Waals surface area contributed by atoms with Crippen molar-refractivity contribution in [1.82, 2.24) is 5.32 Å². The number of aliphatic hydroxyl groups is 1. The molecule has 14 heavy (non-hydrogen) atoms. The van der Waals surface area contributed by atoms with Crippen LogP contribution in [-0.2, 0) is 4.79 Å². The van der Waals surface area contributed by atoms with E-state index in [0.717, 1.165) is 19.3 Å². The Kier molecular flexibility index (Phi) is 4.35. The second-order valence-corrected chi connectivity index (χ2v) is 4.06. The number of nitrogens with one attached hydrogen (secondary N) is 1. The fraction of sp³-hybridized carbons (Fsp3) is 0.900. The Morgan fingerprint density at radius 2 is 2.29 bits per heavy atom. The van der Waals surface area contributed by atoms with E-state index in [1.807, 2.05) is 6.92 Å². The van der Waals surface area contributed by atoms with Crippen molar-refractivity contribution in [2.24, 2.45) is 11.7 Å². The van der Waals surface area contributed by atoms with Crippen LogP contribution in [0.2, 0.25) is 0 Å². The number of amides is 1. The number of hydrogen-bond acceptors (Lipinski definition) is 3. The van der Waals surface area contributed by atoms with Crippen molar-refractivity contribution < 1.29 is 9.90 Å². The molecule has 2 unspecified atom stereocenters. The van der Waals surface area contributed by atoms with Crippen LogP contribution in [0, 0.1) is 5.92 Å². The Morgan fingerprint density at radius 3 is 2.71 bits per heavy atom. The van der Waals surface area contributed by atoms with Crippen LogP contribution in [0.4, 0.5) is 0 Å². The number of hydrogen-bond donors (Lipinski definition) is 3. The van der Waals surface area contributed by atoms with Gasteiger partial charge >= 0.3 is 0 Å². The van der Waals surface area contributed by atoms with Gasteiger partial charge in [-0.05, 0) is 25.2 Å². The van der Waals surface area contributed by atoms with Gasteiger partial charge in [0.1, 0.15) is 0 Å². The molecule has 0 bridgehead atoms. The minimum Gasteiger partial charge on any atom is -0.394 e. The van der Waals surface area contributed by atoms with Crippen LogP contribution in [0.15, 0.2) is 0 Å². The van der Waals surface area contributed by atoms with Crippen LogP contribution in [-0.4, -0.2) is 29.7 Å². The summed E-state index contributed by atoms with van der Waals surface area (Å²) in [5.74, 6) is 0.514. The lowest BCUT2D eigenvalue weighted by Crippen LogP contribution is -2.40. The van der Waals surface area contributed by atoms with Crippen LogP contribution in [0.1, 0.15) is 32.6 Å². The molecule has 0 aromatic carbocycles. The molecule has 1 aliphatic rings. The van der Waals surface area contributed by atoms with Crippen LogP contribution < -0.4 is 11.1 Å². The van der Waals surface area contributed by atoms with Crippen molar-refractivity contribution >= 4 is 5.91 Å². The van der Waals surface area contributed by atoms with E-state index in [0.29, 0.717) is 12.3 Å². The molecule has 0 spiro atoms. The molecule has 0 heterocycles. The zero-order valence-electron chi connectivity index (χ0n) is 8.70. The molecule has 1 amide bonds. The third kappa shape index (κ3) is 3.64. The largest absolute Gasteiger partial charge is 0.394 e. The Morgan fingerprint density at radius 1 is 1.64 bits per heavy atom. The summed E-state index contributed by atoms with van der Waals surface area (Å²) in [6.45, 7) is 1.93. The van der Waals surface area contributed by atoms with E-state index in [4.69, 9.17) is 10.8 Å². The molecule has 0 aliphatic heterocycles. The molecular weight excluding hydrogens is 180 g/mol. The van der Waals surface area contributed by atoms with Crippen molar-refractivity contribution in [2.45, 2.75) is 44.7 Å². The molecule has 1 fully saturated rings. The van der Waals surface area contributed by atoms with Crippen LogP contribution >= 0.6 is 0 Å². The number of nitrogens with two attached hydrogens (primary N) is 1. The lowest BCUT2D eigenvalue weighted by atomic mass is 10.1. The van der Waals surface area contributed by atoms with E-state index in [1.54, 1.807) is 0 Å². The number of carbonyl (C=O) groups is 1. The topological polar surface area (TPSA) is 75.3 Å². The van der Waals surface area contributed by atoms with Gasteiger partial charge in [0.25, 0.3) is 0 Å². The summed E-state index contributed by atoms with van der Waals surface area (Å²) in [6, 6.07) is -0.111. The zero-order chi connectivity index (χ0) is 10.6. The first kappa shape index (κ1) is 11.5. The lowest BCUT2D eigenvalue weighted by Gasteiger charge is -2.16. The SMILES string of the molecule is CCC(CO)NC(=O)CC(N)C1CC1. The molecule has 0 saturated heterocycles. The predicted octanol–water partition coefficient (Wildman–Crippen LogP) is 0.000900. The normalized spacial score (nSPS) is 20.2. The monoisotopic (exact) mass is 200 g/mol. The third-order valence-corrected chi connectivity index (χ3v) is 2.73. The van der Waals surface area contributed by atoms with Crippen molar-refractivity contribution in [3.05, 3.63) is 0 Å². The summed E-state index contributed by atoms with van der Waals surface area (Å²) < 4.78 is 0. The van der Waals surface area contributed by atoms with E-state index in [-0.39, 0.29) is 24.6 Å². The minimum absolute atomic E-state index is 0.000899. The van der Waals surface area contributed by atoms with E-state index in [2.05, 4.69) is 5.32 Å². The summed E-state index contributed by atoms with van der Waals surface area (Å²) in [5.41, 5.74) is 5.82. The Labute approximate surface area is 84.9 Å².